The molecule has 1 saturated heterocycles. The summed E-state index contributed by atoms with van der Waals surface area (Å²) in [5, 5.41) is 3.13. The number of morpholine rings is 1. The molecule has 1 fully saturated rings. The van der Waals surface area contributed by atoms with Crippen LogP contribution in [-0.4, -0.2) is 64.6 Å². The third-order valence-electron chi connectivity index (χ3n) is 2.62. The zero-order chi connectivity index (χ0) is 10.8. The lowest BCUT2D eigenvalue weighted by atomic mass is 10.3. The van der Waals surface area contributed by atoms with E-state index >= 15 is 0 Å². The van der Waals surface area contributed by atoms with Gasteiger partial charge in [-0.3, -0.25) is 4.90 Å². The van der Waals surface area contributed by atoms with E-state index in [-0.39, 0.29) is 0 Å². The second-order valence-electron chi connectivity index (χ2n) is 3.88. The van der Waals surface area contributed by atoms with Gasteiger partial charge in [0.25, 0.3) is 0 Å². The van der Waals surface area contributed by atoms with Crippen LogP contribution in [0.15, 0.2) is 0 Å². The summed E-state index contributed by atoms with van der Waals surface area (Å²) in [7, 11) is 1.99. The first-order chi connectivity index (χ1) is 7.43. The Kier molecular flexibility index (Phi) is 7.83. The quantitative estimate of drug-likeness (QED) is 0.593. The van der Waals surface area contributed by atoms with Crippen molar-refractivity contribution in [1.82, 2.24) is 10.2 Å². The van der Waals surface area contributed by atoms with Gasteiger partial charge in [0.15, 0.2) is 0 Å². The molecule has 1 rings (SSSR count). The summed E-state index contributed by atoms with van der Waals surface area (Å²) in [6, 6.07) is 0. The highest BCUT2D eigenvalue weighted by Crippen LogP contribution is 1.96. The number of nitrogens with zero attached hydrogens (tertiary/aromatic N) is 1. The zero-order valence-corrected chi connectivity index (χ0v) is 9.83. The highest BCUT2D eigenvalue weighted by Gasteiger charge is 2.08. The lowest BCUT2D eigenvalue weighted by molar-refractivity contribution is 0.0201. The molecule has 0 radical (unpaired) electrons. The Bertz CT molecular complexity index is 139. The van der Waals surface area contributed by atoms with Crippen molar-refractivity contribution in [3.63, 3.8) is 0 Å². The van der Waals surface area contributed by atoms with Gasteiger partial charge in [0.05, 0.1) is 19.8 Å². The predicted molar refractivity (Wildman–Crippen MR) is 61.2 cm³/mol. The van der Waals surface area contributed by atoms with Gasteiger partial charge in [0, 0.05) is 26.2 Å². The number of hydrogen-bond donors (Lipinski definition) is 1. The zero-order valence-electron chi connectivity index (χ0n) is 9.83. The van der Waals surface area contributed by atoms with E-state index in [0.717, 1.165) is 59.0 Å². The minimum Gasteiger partial charge on any atom is -0.380 e. The number of nitrogens with one attached hydrogen (secondary N) is 1. The average molecular weight is 216 g/mol. The molecular formula is C11H24N2O2. The van der Waals surface area contributed by atoms with Crippen LogP contribution >= 0.6 is 0 Å². The van der Waals surface area contributed by atoms with Gasteiger partial charge in [-0.15, -0.1) is 0 Å². The topological polar surface area (TPSA) is 33.7 Å². The van der Waals surface area contributed by atoms with E-state index in [1.165, 1.54) is 6.42 Å². The Morgan fingerprint density at radius 3 is 2.73 bits per heavy atom. The Labute approximate surface area is 92.9 Å². The van der Waals surface area contributed by atoms with Crippen molar-refractivity contribution in [3.05, 3.63) is 0 Å². The first-order valence-electron chi connectivity index (χ1n) is 5.96. The van der Waals surface area contributed by atoms with E-state index in [4.69, 9.17) is 9.47 Å². The van der Waals surface area contributed by atoms with Crippen molar-refractivity contribution in [2.24, 2.45) is 0 Å². The molecule has 1 heterocycles. The second-order valence-corrected chi connectivity index (χ2v) is 3.88. The molecule has 0 aromatic heterocycles. The molecule has 0 amide bonds. The van der Waals surface area contributed by atoms with Crippen LogP contribution < -0.4 is 5.32 Å². The first-order valence-corrected chi connectivity index (χ1v) is 5.96. The summed E-state index contributed by atoms with van der Waals surface area (Å²) in [6.07, 6.45) is 2.36. The Balaban J connectivity index is 1.79. The standard InChI is InChI=1S/C11H24N2O2/c1-12-4-2-3-8-14-9-5-13-6-10-15-11-7-13/h12H,2-11H2,1H3. The SMILES string of the molecule is CNCCCCOCCN1CCOCC1. The molecule has 1 aliphatic rings. The van der Waals surface area contributed by atoms with Gasteiger partial charge in [-0.25, -0.2) is 0 Å². The minimum atomic E-state index is 0.861. The van der Waals surface area contributed by atoms with Gasteiger partial charge in [-0.05, 0) is 26.4 Å². The third kappa shape index (κ3) is 6.84. The molecule has 1 N–H and O–H groups in total. The van der Waals surface area contributed by atoms with Gasteiger partial charge in [0.1, 0.15) is 0 Å². The van der Waals surface area contributed by atoms with Crippen LogP contribution in [0.1, 0.15) is 12.8 Å². The van der Waals surface area contributed by atoms with Crippen LogP contribution in [0.4, 0.5) is 0 Å². The van der Waals surface area contributed by atoms with E-state index in [9.17, 15) is 0 Å². The van der Waals surface area contributed by atoms with Crippen molar-refractivity contribution in [1.29, 1.82) is 0 Å². The van der Waals surface area contributed by atoms with Crippen molar-refractivity contribution >= 4 is 0 Å². The Hall–Kier alpha value is -0.160. The van der Waals surface area contributed by atoms with Gasteiger partial charge >= 0.3 is 0 Å². The van der Waals surface area contributed by atoms with Crippen LogP contribution in [0.5, 0.6) is 0 Å². The number of hydrogen-bond acceptors (Lipinski definition) is 4. The molecule has 15 heavy (non-hydrogen) atoms. The molecule has 0 spiro atoms. The largest absolute Gasteiger partial charge is 0.380 e. The number of rotatable bonds is 8. The van der Waals surface area contributed by atoms with Crippen molar-refractivity contribution in [3.8, 4) is 0 Å². The normalized spacial score (nSPS) is 18.2. The molecule has 0 aliphatic carbocycles. The molecule has 90 valence electrons. The van der Waals surface area contributed by atoms with Gasteiger partial charge in [-0.1, -0.05) is 0 Å². The molecular weight excluding hydrogens is 192 g/mol. The van der Waals surface area contributed by atoms with Gasteiger partial charge < -0.3 is 14.8 Å². The highest BCUT2D eigenvalue weighted by atomic mass is 16.5. The third-order valence-corrected chi connectivity index (χ3v) is 2.62. The molecule has 0 unspecified atom stereocenters. The molecule has 0 aromatic rings. The lowest BCUT2D eigenvalue weighted by Gasteiger charge is -2.26. The number of ether oxygens (including phenoxy) is 2. The van der Waals surface area contributed by atoms with Crippen molar-refractivity contribution in [2.75, 3.05) is 59.7 Å². The van der Waals surface area contributed by atoms with Crippen LogP contribution in [-0.2, 0) is 9.47 Å². The summed E-state index contributed by atoms with van der Waals surface area (Å²) < 4.78 is 10.9. The number of unbranched alkanes of at least 4 members (excludes halogenated alkanes) is 1. The molecule has 0 aromatic carbocycles. The summed E-state index contributed by atoms with van der Waals surface area (Å²) in [6.45, 7) is 7.77. The van der Waals surface area contributed by atoms with E-state index in [1.807, 2.05) is 7.05 Å². The monoisotopic (exact) mass is 216 g/mol. The van der Waals surface area contributed by atoms with E-state index in [1.54, 1.807) is 0 Å². The molecule has 4 heteroatoms. The van der Waals surface area contributed by atoms with Gasteiger partial charge in [-0.2, -0.15) is 0 Å². The Morgan fingerprint density at radius 1 is 1.20 bits per heavy atom. The molecule has 0 atom stereocenters. The van der Waals surface area contributed by atoms with Crippen LogP contribution in [0.3, 0.4) is 0 Å². The first kappa shape index (κ1) is 12.9. The van der Waals surface area contributed by atoms with Crippen LogP contribution in [0, 0.1) is 0 Å². The summed E-state index contributed by atoms with van der Waals surface area (Å²) >= 11 is 0. The maximum Gasteiger partial charge on any atom is 0.0594 e. The molecule has 4 nitrogen and oxygen atoms in total. The lowest BCUT2D eigenvalue weighted by Crippen LogP contribution is -2.38. The molecule has 1 aliphatic heterocycles. The summed E-state index contributed by atoms with van der Waals surface area (Å²) in [4.78, 5) is 2.40. The average Bonchev–Trinajstić information content (AvgIpc) is 2.29. The van der Waals surface area contributed by atoms with Crippen molar-refractivity contribution in [2.45, 2.75) is 12.8 Å². The summed E-state index contributed by atoms with van der Waals surface area (Å²) in [5.41, 5.74) is 0. The Morgan fingerprint density at radius 2 is 2.00 bits per heavy atom. The fraction of sp³-hybridized carbons (Fsp3) is 1.00. The predicted octanol–water partition coefficient (Wildman–Crippen LogP) is 0.335. The smallest absolute Gasteiger partial charge is 0.0594 e. The van der Waals surface area contributed by atoms with Crippen LogP contribution in [0.2, 0.25) is 0 Å². The van der Waals surface area contributed by atoms with Crippen molar-refractivity contribution < 1.29 is 9.47 Å². The molecule has 0 bridgehead atoms. The van der Waals surface area contributed by atoms with E-state index < -0.39 is 0 Å². The highest BCUT2D eigenvalue weighted by molar-refractivity contribution is 4.60. The minimum absolute atomic E-state index is 0.861. The fourth-order valence-corrected chi connectivity index (χ4v) is 1.63. The molecule has 0 saturated carbocycles. The maximum atomic E-state index is 5.57. The second kappa shape index (κ2) is 9.09. The van der Waals surface area contributed by atoms with Crippen LogP contribution in [0.25, 0.3) is 0 Å². The maximum absolute atomic E-state index is 5.57. The van der Waals surface area contributed by atoms with E-state index in [2.05, 4.69) is 10.2 Å². The van der Waals surface area contributed by atoms with E-state index in [0.29, 0.717) is 0 Å². The van der Waals surface area contributed by atoms with Gasteiger partial charge in [0.2, 0.25) is 0 Å². The summed E-state index contributed by atoms with van der Waals surface area (Å²) in [5.74, 6) is 0. The fourth-order valence-electron chi connectivity index (χ4n) is 1.63.